The number of fused-ring (bicyclic) bond motifs is 4. The van der Waals surface area contributed by atoms with Gasteiger partial charge in [-0.2, -0.15) is 9.67 Å². The van der Waals surface area contributed by atoms with Crippen LogP contribution in [0.5, 0.6) is 0 Å². The van der Waals surface area contributed by atoms with Crippen molar-refractivity contribution in [2.45, 2.75) is 64.1 Å². The summed E-state index contributed by atoms with van der Waals surface area (Å²) in [6.07, 6.45) is 4.31. The number of benzene rings is 3. The average molecular weight is 726 g/mol. The normalized spacial score (nSPS) is 16.2. The van der Waals surface area contributed by atoms with Crippen molar-refractivity contribution in [1.29, 1.82) is 0 Å². The maximum atomic E-state index is 13.1. The highest BCUT2D eigenvalue weighted by Gasteiger charge is 2.39. The average Bonchev–Trinajstić information content (AvgIpc) is 3.64. The molecule has 1 unspecified atom stereocenters. The molecule has 4 heterocycles. The molecule has 3 aromatic carbocycles. The summed E-state index contributed by atoms with van der Waals surface area (Å²) >= 11 is 0. The molecule has 0 bridgehead atoms. The van der Waals surface area contributed by atoms with Gasteiger partial charge >= 0.3 is 0 Å². The minimum Gasteiger partial charge on any atom is -0.385 e. The molecule has 6 N–H and O–H groups in total. The summed E-state index contributed by atoms with van der Waals surface area (Å²) in [6.45, 7) is 1.18. The molecular formula is C39H39N11O4. The highest BCUT2D eigenvalue weighted by molar-refractivity contribution is 6.06. The SMILES string of the molecule is Nc1nc(Nc2ccc(CNC(=O)CCCNc3cccc4c3CN(C3CCC(=O)NC3=O)C4=O)cc2)nn1-c1cc2c(nn1)-c1ccccc1CCC2. The van der Waals surface area contributed by atoms with Crippen LogP contribution in [-0.2, 0) is 40.3 Å². The smallest absolute Gasteiger partial charge is 0.255 e. The van der Waals surface area contributed by atoms with Gasteiger partial charge in [0.05, 0.1) is 5.69 Å². The first-order valence-electron chi connectivity index (χ1n) is 18.1. The van der Waals surface area contributed by atoms with Crippen LogP contribution in [0.25, 0.3) is 17.1 Å². The van der Waals surface area contributed by atoms with E-state index in [1.165, 1.54) is 15.1 Å². The molecule has 274 valence electrons. The van der Waals surface area contributed by atoms with Gasteiger partial charge < -0.3 is 26.6 Å². The Kier molecular flexibility index (Phi) is 9.42. The molecule has 3 aliphatic rings. The molecule has 0 radical (unpaired) electrons. The van der Waals surface area contributed by atoms with E-state index in [9.17, 15) is 19.2 Å². The third kappa shape index (κ3) is 7.07. The number of rotatable bonds is 11. The number of hydrogen-bond donors (Lipinski definition) is 5. The summed E-state index contributed by atoms with van der Waals surface area (Å²) in [6, 6.07) is 22.6. The topological polar surface area (TPSA) is 202 Å². The number of aryl methyl sites for hydroxylation is 2. The summed E-state index contributed by atoms with van der Waals surface area (Å²) in [4.78, 5) is 55.6. The Balaban J connectivity index is 0.802. The van der Waals surface area contributed by atoms with Gasteiger partial charge in [0.15, 0.2) is 5.82 Å². The van der Waals surface area contributed by atoms with Crippen molar-refractivity contribution in [1.82, 2.24) is 40.5 Å². The van der Waals surface area contributed by atoms with Gasteiger partial charge in [0, 0.05) is 60.5 Å². The van der Waals surface area contributed by atoms with Crippen molar-refractivity contribution in [3.05, 3.63) is 101 Å². The number of carbonyl (C=O) groups is 4. The molecule has 1 atom stereocenters. The molecule has 5 aromatic rings. The van der Waals surface area contributed by atoms with Crippen LogP contribution in [-0.4, -0.2) is 66.1 Å². The second kappa shape index (κ2) is 14.8. The maximum absolute atomic E-state index is 13.1. The summed E-state index contributed by atoms with van der Waals surface area (Å²) < 4.78 is 1.48. The van der Waals surface area contributed by atoms with Gasteiger partial charge in [0.2, 0.25) is 29.6 Å². The third-order valence-corrected chi connectivity index (χ3v) is 10.1. The van der Waals surface area contributed by atoms with E-state index in [4.69, 9.17) is 5.73 Å². The van der Waals surface area contributed by atoms with Crippen LogP contribution < -0.4 is 27.0 Å². The van der Waals surface area contributed by atoms with Gasteiger partial charge in [-0.05, 0) is 79.1 Å². The Morgan fingerprint density at radius 1 is 0.926 bits per heavy atom. The van der Waals surface area contributed by atoms with Crippen LogP contribution in [0.15, 0.2) is 72.8 Å². The number of anilines is 4. The van der Waals surface area contributed by atoms with Crippen molar-refractivity contribution in [2.75, 3.05) is 22.9 Å². The lowest BCUT2D eigenvalue weighted by Gasteiger charge is -2.29. The number of amides is 4. The van der Waals surface area contributed by atoms with Crippen LogP contribution in [0.4, 0.5) is 23.3 Å². The molecule has 1 fully saturated rings. The van der Waals surface area contributed by atoms with E-state index in [2.05, 4.69) is 59.7 Å². The lowest BCUT2D eigenvalue weighted by Crippen LogP contribution is -2.52. The second-order valence-electron chi connectivity index (χ2n) is 13.7. The number of nitrogen functional groups attached to an aromatic ring is 1. The number of aromatic nitrogens is 5. The zero-order valence-electron chi connectivity index (χ0n) is 29.5. The molecule has 4 amide bonds. The first-order chi connectivity index (χ1) is 26.3. The third-order valence-electron chi connectivity index (χ3n) is 10.1. The second-order valence-corrected chi connectivity index (χ2v) is 13.7. The van der Waals surface area contributed by atoms with E-state index in [1.807, 2.05) is 42.5 Å². The molecule has 15 nitrogen and oxygen atoms in total. The number of nitrogens with two attached hydrogens (primary N) is 1. The summed E-state index contributed by atoms with van der Waals surface area (Å²) in [5.41, 5.74) is 14.5. The minimum atomic E-state index is -0.668. The van der Waals surface area contributed by atoms with Crippen LogP contribution in [0.3, 0.4) is 0 Å². The standard InChI is InChI=1S/C39H39N11O4/c40-38-45-39(48-50(38)32-20-25-8-3-7-24-6-1-2-9-27(24)35(25)47-46-32)43-26-15-13-23(14-16-26)21-42-33(51)12-5-19-41-30-11-4-10-28-29(30)22-49(37(28)54)31-17-18-34(52)44-36(31)53/h1-2,4,6,9-11,13-16,20,31,41H,3,5,7-8,12,17-19,21-22H2,(H,42,51)(H,44,52,53)(H3,40,43,45,48). The zero-order chi connectivity index (χ0) is 37.2. The first-order valence-corrected chi connectivity index (χ1v) is 18.1. The zero-order valence-corrected chi connectivity index (χ0v) is 29.5. The number of imide groups is 1. The van der Waals surface area contributed by atoms with E-state index in [-0.39, 0.29) is 36.6 Å². The van der Waals surface area contributed by atoms with Gasteiger partial charge in [0.1, 0.15) is 6.04 Å². The molecule has 0 spiro atoms. The number of nitrogens with zero attached hydrogens (tertiary/aromatic N) is 6. The Labute approximate surface area is 310 Å². The lowest BCUT2D eigenvalue weighted by molar-refractivity contribution is -0.137. The summed E-state index contributed by atoms with van der Waals surface area (Å²) in [5, 5.41) is 25.4. The molecular weight excluding hydrogens is 687 g/mol. The quantitative estimate of drug-likeness (QED) is 0.0979. The number of piperidine rings is 1. The molecule has 54 heavy (non-hydrogen) atoms. The largest absolute Gasteiger partial charge is 0.385 e. The molecule has 1 aliphatic carbocycles. The van der Waals surface area contributed by atoms with Gasteiger partial charge in [-0.1, -0.05) is 42.5 Å². The Hall–Kier alpha value is -6.64. The van der Waals surface area contributed by atoms with Crippen molar-refractivity contribution in [3.63, 3.8) is 0 Å². The van der Waals surface area contributed by atoms with E-state index in [1.54, 1.807) is 12.1 Å². The Morgan fingerprint density at radius 3 is 2.59 bits per heavy atom. The van der Waals surface area contributed by atoms with Gasteiger partial charge in [-0.3, -0.25) is 24.5 Å². The first kappa shape index (κ1) is 34.4. The Morgan fingerprint density at radius 2 is 1.74 bits per heavy atom. The number of nitrogens with one attached hydrogen (secondary N) is 4. The minimum absolute atomic E-state index is 0.0770. The highest BCUT2D eigenvalue weighted by atomic mass is 16.2. The monoisotopic (exact) mass is 725 g/mol. The van der Waals surface area contributed by atoms with Gasteiger partial charge in [0.25, 0.3) is 5.91 Å². The van der Waals surface area contributed by atoms with Gasteiger partial charge in [-0.25, -0.2) is 0 Å². The summed E-state index contributed by atoms with van der Waals surface area (Å²) in [7, 11) is 0. The molecule has 2 aromatic heterocycles. The fraction of sp³-hybridized carbons (Fsp3) is 0.282. The molecule has 15 heteroatoms. The lowest BCUT2D eigenvalue weighted by atomic mass is 10.0. The highest BCUT2D eigenvalue weighted by Crippen LogP contribution is 2.33. The van der Waals surface area contributed by atoms with Crippen molar-refractivity contribution in [2.24, 2.45) is 0 Å². The molecule has 1 saturated heterocycles. The van der Waals surface area contributed by atoms with Crippen LogP contribution in [0.2, 0.25) is 0 Å². The number of hydrogen-bond acceptors (Lipinski definition) is 11. The van der Waals surface area contributed by atoms with Crippen molar-refractivity contribution in [3.8, 4) is 17.1 Å². The van der Waals surface area contributed by atoms with E-state index >= 15 is 0 Å². The molecule has 8 rings (SSSR count). The van der Waals surface area contributed by atoms with Crippen LogP contribution in [0, 0.1) is 0 Å². The predicted octanol–water partition coefficient (Wildman–Crippen LogP) is 3.81. The van der Waals surface area contributed by atoms with E-state index < -0.39 is 11.9 Å². The molecule has 0 saturated carbocycles. The summed E-state index contributed by atoms with van der Waals surface area (Å²) in [5.74, 6) is -0.0352. The fourth-order valence-electron chi connectivity index (χ4n) is 7.27. The van der Waals surface area contributed by atoms with Crippen molar-refractivity contribution >= 4 is 46.9 Å². The van der Waals surface area contributed by atoms with Gasteiger partial charge in [-0.15, -0.1) is 15.3 Å². The van der Waals surface area contributed by atoms with Crippen molar-refractivity contribution < 1.29 is 19.2 Å². The van der Waals surface area contributed by atoms with Crippen LogP contribution >= 0.6 is 0 Å². The maximum Gasteiger partial charge on any atom is 0.255 e. The van der Waals surface area contributed by atoms with E-state index in [0.717, 1.165) is 58.6 Å². The number of carbonyl (C=O) groups excluding carboxylic acids is 4. The van der Waals surface area contributed by atoms with E-state index in [0.29, 0.717) is 49.7 Å². The Bertz CT molecular complexity index is 2270. The molecule has 2 aliphatic heterocycles. The van der Waals surface area contributed by atoms with Crippen LogP contribution in [0.1, 0.15) is 64.7 Å². The fourth-order valence-corrected chi connectivity index (χ4v) is 7.27. The predicted molar refractivity (Wildman–Crippen MR) is 201 cm³/mol.